The van der Waals surface area contributed by atoms with Gasteiger partial charge >= 0.3 is 0 Å². The number of hydrogen-bond donors (Lipinski definition) is 0. The van der Waals surface area contributed by atoms with Crippen LogP contribution in [-0.4, -0.2) is 41.3 Å². The molecular weight excluding hydrogens is 232 g/mol. The molecule has 18 heavy (non-hydrogen) atoms. The van der Waals surface area contributed by atoms with Gasteiger partial charge in [-0.15, -0.1) is 0 Å². The van der Waals surface area contributed by atoms with E-state index >= 15 is 0 Å². The smallest absolute Gasteiger partial charge is 0.259 e. The summed E-state index contributed by atoms with van der Waals surface area (Å²) in [4.78, 5) is 14.3. The van der Waals surface area contributed by atoms with Gasteiger partial charge in [0.2, 0.25) is 0 Å². The van der Waals surface area contributed by atoms with Gasteiger partial charge in [0.15, 0.2) is 0 Å². The van der Waals surface area contributed by atoms with Crippen molar-refractivity contribution in [1.29, 1.82) is 0 Å². The molecule has 2 unspecified atom stereocenters. The highest BCUT2D eigenvalue weighted by molar-refractivity contribution is 5.95. The van der Waals surface area contributed by atoms with E-state index in [1.165, 1.54) is 6.20 Å². The van der Waals surface area contributed by atoms with Crippen LogP contribution < -0.4 is 0 Å². The number of nitrogens with zero attached hydrogens (tertiary/aromatic N) is 2. The summed E-state index contributed by atoms with van der Waals surface area (Å²) in [5, 5.41) is 3.67. The monoisotopic (exact) mass is 250 g/mol. The zero-order valence-electron chi connectivity index (χ0n) is 10.8. The van der Waals surface area contributed by atoms with E-state index < -0.39 is 0 Å². The van der Waals surface area contributed by atoms with E-state index in [0.29, 0.717) is 29.4 Å². The first kappa shape index (κ1) is 11.7. The predicted octanol–water partition coefficient (Wildman–Crippen LogP) is 1.62. The van der Waals surface area contributed by atoms with Gasteiger partial charge < -0.3 is 14.2 Å². The zero-order chi connectivity index (χ0) is 12.7. The van der Waals surface area contributed by atoms with Crippen LogP contribution in [0.15, 0.2) is 10.7 Å². The van der Waals surface area contributed by atoms with E-state index in [4.69, 9.17) is 9.26 Å². The molecular formula is C13H18N2O3. The van der Waals surface area contributed by atoms with Crippen LogP contribution >= 0.6 is 0 Å². The average molecular weight is 250 g/mol. The summed E-state index contributed by atoms with van der Waals surface area (Å²) in [5.74, 6) is 1.15. The van der Waals surface area contributed by atoms with Crippen LogP contribution in [0.4, 0.5) is 0 Å². The maximum absolute atomic E-state index is 12.4. The summed E-state index contributed by atoms with van der Waals surface area (Å²) in [7, 11) is 0. The molecule has 5 heteroatoms. The normalized spacial score (nSPS) is 30.1. The van der Waals surface area contributed by atoms with E-state index in [0.717, 1.165) is 26.0 Å². The number of carbonyl (C=O) groups excluding carboxylic acids is 1. The van der Waals surface area contributed by atoms with Crippen LogP contribution in [-0.2, 0) is 4.74 Å². The van der Waals surface area contributed by atoms with Crippen LogP contribution in [0.25, 0.3) is 0 Å². The molecule has 1 saturated carbocycles. The number of amides is 1. The fourth-order valence-electron chi connectivity index (χ4n) is 3.23. The summed E-state index contributed by atoms with van der Waals surface area (Å²) >= 11 is 0. The Balaban J connectivity index is 1.71. The van der Waals surface area contributed by atoms with Crippen LogP contribution in [0.5, 0.6) is 0 Å². The maximum Gasteiger partial charge on any atom is 0.259 e. The van der Waals surface area contributed by atoms with Gasteiger partial charge in [0.25, 0.3) is 5.91 Å². The number of rotatable bonds is 3. The summed E-state index contributed by atoms with van der Waals surface area (Å²) in [5.41, 5.74) is 0.593. The number of likely N-dealkylation sites (tertiary alicyclic amines) is 1. The van der Waals surface area contributed by atoms with E-state index in [-0.39, 0.29) is 5.91 Å². The van der Waals surface area contributed by atoms with Gasteiger partial charge in [0, 0.05) is 25.1 Å². The molecule has 1 aromatic rings. The minimum atomic E-state index is 0.0520. The van der Waals surface area contributed by atoms with Crippen molar-refractivity contribution in [1.82, 2.24) is 10.1 Å². The van der Waals surface area contributed by atoms with E-state index in [2.05, 4.69) is 5.16 Å². The molecule has 0 spiro atoms. The average Bonchev–Trinajstić information content (AvgIpc) is 3.03. The lowest BCUT2D eigenvalue weighted by Gasteiger charge is -2.31. The van der Waals surface area contributed by atoms with Crippen molar-refractivity contribution in [2.75, 3.05) is 13.2 Å². The van der Waals surface area contributed by atoms with Crippen molar-refractivity contribution in [3.8, 4) is 0 Å². The topological polar surface area (TPSA) is 55.6 Å². The minimum Gasteiger partial charge on any atom is -0.378 e. The predicted molar refractivity (Wildman–Crippen MR) is 64.2 cm³/mol. The third-order valence-corrected chi connectivity index (χ3v) is 4.10. The first-order valence-electron chi connectivity index (χ1n) is 6.54. The molecule has 1 amide bonds. The SMILES string of the molecule is CCO[C@@H]1CC2CC1CN2C(=O)c1cnoc1C. The molecule has 2 fully saturated rings. The molecule has 1 aliphatic heterocycles. The quantitative estimate of drug-likeness (QED) is 0.818. The van der Waals surface area contributed by atoms with Gasteiger partial charge in [-0.25, -0.2) is 0 Å². The number of aromatic nitrogens is 1. The Labute approximate surface area is 106 Å². The molecule has 0 N–H and O–H groups in total. The molecule has 1 aliphatic carbocycles. The summed E-state index contributed by atoms with van der Waals surface area (Å²) in [6, 6.07) is 0.327. The highest BCUT2D eigenvalue weighted by atomic mass is 16.5. The fraction of sp³-hybridized carbons (Fsp3) is 0.692. The summed E-state index contributed by atoms with van der Waals surface area (Å²) in [6.07, 6.45) is 3.89. The zero-order valence-corrected chi connectivity index (χ0v) is 10.8. The number of carbonyl (C=O) groups is 1. The van der Waals surface area contributed by atoms with E-state index in [9.17, 15) is 4.79 Å². The van der Waals surface area contributed by atoms with Crippen molar-refractivity contribution in [2.45, 2.75) is 38.8 Å². The lowest BCUT2D eigenvalue weighted by atomic mass is 10.1. The van der Waals surface area contributed by atoms with Crippen LogP contribution in [0, 0.1) is 12.8 Å². The van der Waals surface area contributed by atoms with Gasteiger partial charge in [0.05, 0.1) is 12.3 Å². The van der Waals surface area contributed by atoms with Crippen LogP contribution in [0.3, 0.4) is 0 Å². The Kier molecular flexibility index (Phi) is 2.86. The number of hydrogen-bond acceptors (Lipinski definition) is 4. The lowest BCUT2D eigenvalue weighted by Crippen LogP contribution is -2.42. The summed E-state index contributed by atoms with van der Waals surface area (Å²) < 4.78 is 10.7. The molecule has 2 bridgehead atoms. The molecule has 1 saturated heterocycles. The molecule has 3 rings (SSSR count). The third kappa shape index (κ3) is 1.73. The van der Waals surface area contributed by atoms with Crippen molar-refractivity contribution in [3.05, 3.63) is 17.5 Å². The Bertz CT molecular complexity index is 457. The fourth-order valence-corrected chi connectivity index (χ4v) is 3.23. The number of aryl methyl sites for hydroxylation is 1. The molecule has 0 radical (unpaired) electrons. The Morgan fingerprint density at radius 1 is 1.61 bits per heavy atom. The molecule has 98 valence electrons. The maximum atomic E-state index is 12.4. The largest absolute Gasteiger partial charge is 0.378 e. The molecule has 1 aromatic heterocycles. The highest BCUT2D eigenvalue weighted by Gasteiger charge is 2.47. The van der Waals surface area contributed by atoms with E-state index in [1.807, 2.05) is 11.8 Å². The second kappa shape index (κ2) is 4.39. The third-order valence-electron chi connectivity index (χ3n) is 4.10. The Morgan fingerprint density at radius 3 is 3.00 bits per heavy atom. The summed E-state index contributed by atoms with van der Waals surface area (Å²) in [6.45, 7) is 5.36. The van der Waals surface area contributed by atoms with Gasteiger partial charge in [-0.1, -0.05) is 5.16 Å². The van der Waals surface area contributed by atoms with Crippen molar-refractivity contribution < 1.29 is 14.1 Å². The van der Waals surface area contributed by atoms with Gasteiger partial charge in [-0.05, 0) is 26.7 Å². The van der Waals surface area contributed by atoms with Gasteiger partial charge in [-0.2, -0.15) is 0 Å². The second-order valence-corrected chi connectivity index (χ2v) is 5.13. The van der Waals surface area contributed by atoms with Crippen molar-refractivity contribution >= 4 is 5.91 Å². The Morgan fingerprint density at radius 2 is 2.44 bits per heavy atom. The first-order valence-corrected chi connectivity index (χ1v) is 6.54. The van der Waals surface area contributed by atoms with Crippen molar-refractivity contribution in [3.63, 3.8) is 0 Å². The van der Waals surface area contributed by atoms with Gasteiger partial charge in [-0.3, -0.25) is 4.79 Å². The standard InChI is InChI=1S/C13H18N2O3/c1-3-17-12-5-10-4-9(12)7-15(10)13(16)11-6-14-18-8(11)2/h6,9-10,12H,3-5,7H2,1-2H3/t9?,10?,12-/m1/s1. The number of ether oxygens (including phenoxy) is 1. The molecule has 2 heterocycles. The van der Waals surface area contributed by atoms with Gasteiger partial charge in [0.1, 0.15) is 11.3 Å². The molecule has 2 aliphatic rings. The van der Waals surface area contributed by atoms with E-state index in [1.54, 1.807) is 6.92 Å². The molecule has 3 atom stereocenters. The number of piperidine rings is 1. The first-order chi connectivity index (χ1) is 8.70. The minimum absolute atomic E-state index is 0.0520. The second-order valence-electron chi connectivity index (χ2n) is 5.13. The van der Waals surface area contributed by atoms with Crippen molar-refractivity contribution in [2.24, 2.45) is 5.92 Å². The molecule has 5 nitrogen and oxygen atoms in total. The molecule has 0 aromatic carbocycles. The Hall–Kier alpha value is -1.36. The number of fused-ring (bicyclic) bond motifs is 2. The highest BCUT2D eigenvalue weighted by Crippen LogP contribution is 2.40. The lowest BCUT2D eigenvalue weighted by molar-refractivity contribution is 0.00752. The van der Waals surface area contributed by atoms with Crippen LogP contribution in [0.1, 0.15) is 35.9 Å². The van der Waals surface area contributed by atoms with Crippen LogP contribution in [0.2, 0.25) is 0 Å².